The summed E-state index contributed by atoms with van der Waals surface area (Å²) in [5.74, 6) is 1.93. The van der Waals surface area contributed by atoms with Crippen LogP contribution >= 0.6 is 0 Å². The third kappa shape index (κ3) is 2.84. The van der Waals surface area contributed by atoms with Gasteiger partial charge in [-0.3, -0.25) is 15.4 Å². The molecule has 4 aliphatic rings. The molecule has 4 aliphatic heterocycles. The van der Waals surface area contributed by atoms with E-state index < -0.39 is 0 Å². The van der Waals surface area contributed by atoms with E-state index in [4.69, 9.17) is 4.99 Å². The average Bonchev–Trinajstić information content (AvgIpc) is 3.24. The zero-order valence-electron chi connectivity index (χ0n) is 13.7. The Balaban J connectivity index is 1.34. The lowest BCUT2D eigenvalue weighted by atomic mass is 10.2. The third-order valence-electron chi connectivity index (χ3n) is 4.70. The van der Waals surface area contributed by atoms with Gasteiger partial charge in [-0.25, -0.2) is 15.4 Å². The minimum Gasteiger partial charge on any atom is -0.342 e. The van der Waals surface area contributed by atoms with E-state index in [1.54, 1.807) is 6.21 Å². The minimum atomic E-state index is 0.0948. The Hall–Kier alpha value is -1.93. The molecule has 1 fully saturated rings. The normalized spacial score (nSPS) is 30.3. The highest BCUT2D eigenvalue weighted by atomic mass is 15.6. The Bertz CT molecular complexity index is 586. The monoisotopic (exact) mass is 316 g/mol. The second-order valence-electron chi connectivity index (χ2n) is 6.44. The highest BCUT2D eigenvalue weighted by Crippen LogP contribution is 2.20. The van der Waals surface area contributed by atoms with Crippen molar-refractivity contribution in [1.29, 1.82) is 0 Å². The lowest BCUT2D eigenvalue weighted by Crippen LogP contribution is -2.44. The second kappa shape index (κ2) is 5.93. The van der Waals surface area contributed by atoms with Crippen LogP contribution in [0.25, 0.3) is 0 Å². The van der Waals surface area contributed by atoms with Gasteiger partial charge in [-0.15, -0.1) is 0 Å². The predicted molar refractivity (Wildman–Crippen MR) is 90.6 cm³/mol. The molecule has 8 heteroatoms. The summed E-state index contributed by atoms with van der Waals surface area (Å²) in [5, 5.41) is 4.11. The number of allylic oxidation sites excluding steroid dienone is 1. The third-order valence-corrected chi connectivity index (χ3v) is 4.70. The van der Waals surface area contributed by atoms with Gasteiger partial charge < -0.3 is 4.90 Å². The van der Waals surface area contributed by atoms with E-state index in [-0.39, 0.29) is 12.3 Å². The van der Waals surface area contributed by atoms with Crippen molar-refractivity contribution >= 4 is 18.0 Å². The Morgan fingerprint density at radius 2 is 2.04 bits per heavy atom. The lowest BCUT2D eigenvalue weighted by Gasteiger charge is -2.23. The molecule has 0 spiro atoms. The molecule has 0 amide bonds. The number of aliphatic imine (C=N–C) groups is 3. The largest absolute Gasteiger partial charge is 0.342 e. The summed E-state index contributed by atoms with van der Waals surface area (Å²) in [7, 11) is 2.06. The van der Waals surface area contributed by atoms with Crippen molar-refractivity contribution in [3.8, 4) is 0 Å². The molecule has 0 saturated carbocycles. The number of rotatable bonds is 3. The number of hydrogen-bond acceptors (Lipinski definition) is 8. The van der Waals surface area contributed by atoms with Crippen LogP contribution in [0, 0.1) is 0 Å². The number of fused-ring (bicyclic) bond motifs is 1. The first-order valence-corrected chi connectivity index (χ1v) is 8.37. The summed E-state index contributed by atoms with van der Waals surface area (Å²) < 4.78 is 0. The molecular formula is C15H24N8. The molecule has 0 radical (unpaired) electrons. The van der Waals surface area contributed by atoms with Gasteiger partial charge in [-0.1, -0.05) is 0 Å². The number of guanidine groups is 1. The molecule has 0 aromatic carbocycles. The van der Waals surface area contributed by atoms with Gasteiger partial charge in [0.15, 0.2) is 5.84 Å². The van der Waals surface area contributed by atoms with Gasteiger partial charge >= 0.3 is 0 Å². The van der Waals surface area contributed by atoms with Crippen molar-refractivity contribution in [2.75, 3.05) is 20.1 Å². The van der Waals surface area contributed by atoms with Gasteiger partial charge in [-0.05, 0) is 32.6 Å². The quantitative estimate of drug-likeness (QED) is 0.793. The highest BCUT2D eigenvalue weighted by molar-refractivity contribution is 6.30. The van der Waals surface area contributed by atoms with Crippen molar-refractivity contribution < 1.29 is 0 Å². The summed E-state index contributed by atoms with van der Waals surface area (Å²) in [6.45, 7) is 4.26. The number of hydrazine groups is 2. The number of likely N-dealkylation sites (tertiary alicyclic amines) is 1. The van der Waals surface area contributed by atoms with Crippen molar-refractivity contribution in [3.05, 3.63) is 11.9 Å². The van der Waals surface area contributed by atoms with Crippen LogP contribution in [0.4, 0.5) is 0 Å². The molecule has 4 rings (SSSR count). The van der Waals surface area contributed by atoms with Crippen LogP contribution in [0.15, 0.2) is 26.9 Å². The first-order valence-electron chi connectivity index (χ1n) is 8.37. The topological polar surface area (TPSA) is 70.9 Å². The smallest absolute Gasteiger partial charge is 0.210 e. The van der Waals surface area contributed by atoms with Crippen molar-refractivity contribution in [2.45, 2.75) is 44.9 Å². The molecule has 2 N–H and O–H groups in total. The Morgan fingerprint density at radius 1 is 1.22 bits per heavy atom. The van der Waals surface area contributed by atoms with Crippen LogP contribution in [0.3, 0.4) is 0 Å². The van der Waals surface area contributed by atoms with E-state index in [0.29, 0.717) is 0 Å². The molecule has 0 aromatic rings. The molecule has 0 aromatic heterocycles. The maximum atomic E-state index is 4.85. The lowest BCUT2D eigenvalue weighted by molar-refractivity contribution is 0.212. The first kappa shape index (κ1) is 14.6. The summed E-state index contributed by atoms with van der Waals surface area (Å²) in [6.07, 6.45) is 8.35. The molecule has 8 nitrogen and oxygen atoms in total. The highest BCUT2D eigenvalue weighted by Gasteiger charge is 2.30. The Kier molecular flexibility index (Phi) is 3.78. The van der Waals surface area contributed by atoms with Gasteiger partial charge in [0.05, 0.1) is 11.9 Å². The fourth-order valence-electron chi connectivity index (χ4n) is 3.37. The fourth-order valence-corrected chi connectivity index (χ4v) is 3.37. The number of amidine groups is 1. The fraction of sp³-hybridized carbons (Fsp3) is 0.667. The van der Waals surface area contributed by atoms with Crippen molar-refractivity contribution in [3.63, 3.8) is 0 Å². The number of hydrogen-bond donors (Lipinski definition) is 2. The molecule has 23 heavy (non-hydrogen) atoms. The Morgan fingerprint density at radius 3 is 2.83 bits per heavy atom. The summed E-state index contributed by atoms with van der Waals surface area (Å²) in [4.78, 5) is 16.1. The molecule has 0 bridgehead atoms. The van der Waals surface area contributed by atoms with Crippen LogP contribution in [0.1, 0.15) is 32.6 Å². The maximum absolute atomic E-state index is 4.85. The van der Waals surface area contributed by atoms with Crippen molar-refractivity contribution in [2.24, 2.45) is 15.0 Å². The average molecular weight is 316 g/mol. The van der Waals surface area contributed by atoms with Gasteiger partial charge in [-0.2, -0.15) is 5.01 Å². The second-order valence-corrected chi connectivity index (χ2v) is 6.44. The van der Waals surface area contributed by atoms with E-state index >= 15 is 0 Å². The Labute approximate surface area is 136 Å². The molecule has 4 heterocycles. The number of nitrogens with one attached hydrogen (secondary N) is 2. The maximum Gasteiger partial charge on any atom is 0.210 e. The first-order chi connectivity index (χ1) is 11.2. The molecule has 2 unspecified atom stereocenters. The van der Waals surface area contributed by atoms with Crippen LogP contribution in [0.5, 0.6) is 0 Å². The van der Waals surface area contributed by atoms with Crippen LogP contribution < -0.4 is 10.9 Å². The zero-order chi connectivity index (χ0) is 15.8. The zero-order valence-corrected chi connectivity index (χ0v) is 13.7. The van der Waals surface area contributed by atoms with Crippen LogP contribution in [-0.4, -0.2) is 65.4 Å². The molecule has 124 valence electrons. The summed E-state index contributed by atoms with van der Waals surface area (Å²) in [6, 6.07) is 0. The van der Waals surface area contributed by atoms with Gasteiger partial charge in [0.1, 0.15) is 12.3 Å². The van der Waals surface area contributed by atoms with Gasteiger partial charge in [0, 0.05) is 26.3 Å². The molecule has 1 saturated heterocycles. The van der Waals surface area contributed by atoms with Crippen LogP contribution in [0.2, 0.25) is 0 Å². The molecular weight excluding hydrogens is 292 g/mol. The van der Waals surface area contributed by atoms with Gasteiger partial charge in [0.2, 0.25) is 5.96 Å². The summed E-state index contributed by atoms with van der Waals surface area (Å²) >= 11 is 0. The van der Waals surface area contributed by atoms with E-state index in [0.717, 1.165) is 43.4 Å². The van der Waals surface area contributed by atoms with Gasteiger partial charge in [0.25, 0.3) is 0 Å². The van der Waals surface area contributed by atoms with E-state index in [9.17, 15) is 0 Å². The standard InChI is InChI=1S/C15H24N8/c1-11-9-16-10-14-17-12(19-23(11)14)5-6-13-18-15(20-21(13)2)22-7-3-4-8-22/h9-10,12-13,19H,3-8H2,1-2H3,(H,18,20). The SMILES string of the molecule is CC1=CN=CC2=NC(CCC3N=C(N4CCCC4)NN3C)NN12. The number of nitrogens with zero attached hydrogens (tertiary/aromatic N) is 6. The van der Waals surface area contributed by atoms with Crippen molar-refractivity contribution in [1.82, 2.24) is 25.8 Å². The predicted octanol–water partition coefficient (Wildman–Crippen LogP) is 0.485. The van der Waals surface area contributed by atoms with E-state index in [2.05, 4.69) is 37.8 Å². The van der Waals surface area contributed by atoms with E-state index in [1.165, 1.54) is 12.8 Å². The molecule has 2 atom stereocenters. The minimum absolute atomic E-state index is 0.0948. The van der Waals surface area contributed by atoms with E-state index in [1.807, 2.05) is 18.1 Å². The summed E-state index contributed by atoms with van der Waals surface area (Å²) in [5.41, 5.74) is 7.88. The van der Waals surface area contributed by atoms with Crippen LogP contribution in [-0.2, 0) is 0 Å². The molecule has 0 aliphatic carbocycles.